The van der Waals surface area contributed by atoms with E-state index in [1.54, 1.807) is 22.8 Å². The van der Waals surface area contributed by atoms with Gasteiger partial charge in [0.15, 0.2) is 22.8 Å². The summed E-state index contributed by atoms with van der Waals surface area (Å²) in [6.45, 7) is 0.607. The Morgan fingerprint density at radius 2 is 1.76 bits per heavy atom. The van der Waals surface area contributed by atoms with Crippen molar-refractivity contribution in [2.75, 3.05) is 6.61 Å². The summed E-state index contributed by atoms with van der Waals surface area (Å²) in [5.74, 6) is 1.84. The average Bonchev–Trinajstić information content (AvgIpc) is 2.85. The number of thioether (sulfide) groups is 1. The molecule has 0 fully saturated rings. The van der Waals surface area contributed by atoms with Gasteiger partial charge >= 0.3 is 0 Å². The highest BCUT2D eigenvalue weighted by Crippen LogP contribution is 2.32. The number of ether oxygens (including phenoxy) is 2. The quantitative estimate of drug-likeness (QED) is 0.181. The van der Waals surface area contributed by atoms with Gasteiger partial charge in [0.25, 0.3) is 11.2 Å². The number of non-ortho nitro benzene ring substituents is 1. The maximum absolute atomic E-state index is 13.3. The number of hydrogen-bond acceptors (Lipinski definition) is 7. The largest absolute Gasteiger partial charge is 0.486 e. The number of para-hydroxylation sites is 3. The standard InChI is InChI=1S/C24H19N3O5S/c28-23-19-5-1-2-6-20(19)25-24(33-15-16-9-11-17(12-10-16)27(29)30)26(23)13-18-14-31-21-7-3-4-8-22(21)32-18/h1-12,18H,13-15H2/t18-/m0/s1. The predicted octanol–water partition coefficient (Wildman–Crippen LogP) is 4.44. The molecule has 0 saturated heterocycles. The Hall–Kier alpha value is -3.85. The van der Waals surface area contributed by atoms with E-state index in [1.165, 1.54) is 23.9 Å². The zero-order valence-corrected chi connectivity index (χ0v) is 18.2. The van der Waals surface area contributed by atoms with Crippen molar-refractivity contribution in [3.05, 3.63) is 98.8 Å². The van der Waals surface area contributed by atoms with Crippen LogP contribution in [0.1, 0.15) is 5.56 Å². The fourth-order valence-corrected chi connectivity index (χ4v) is 4.60. The van der Waals surface area contributed by atoms with E-state index in [9.17, 15) is 14.9 Å². The summed E-state index contributed by atoms with van der Waals surface area (Å²) >= 11 is 1.40. The molecule has 0 unspecified atom stereocenters. The SMILES string of the molecule is O=c1c2ccccc2nc(SCc2ccc([N+](=O)[O-])cc2)n1C[C@H]1COc2ccccc2O1. The van der Waals surface area contributed by atoms with Gasteiger partial charge in [-0.1, -0.05) is 48.2 Å². The van der Waals surface area contributed by atoms with Crippen LogP contribution < -0.4 is 15.0 Å². The fraction of sp³-hybridized carbons (Fsp3) is 0.167. The molecular formula is C24H19N3O5S. The van der Waals surface area contributed by atoms with Crippen molar-refractivity contribution in [2.45, 2.75) is 23.6 Å². The summed E-state index contributed by atoms with van der Waals surface area (Å²) in [6.07, 6.45) is -0.348. The van der Waals surface area contributed by atoms with E-state index >= 15 is 0 Å². The molecule has 0 saturated carbocycles. The van der Waals surface area contributed by atoms with Crippen molar-refractivity contribution in [2.24, 2.45) is 0 Å². The van der Waals surface area contributed by atoms with Crippen molar-refractivity contribution >= 4 is 28.4 Å². The summed E-state index contributed by atoms with van der Waals surface area (Å²) in [5, 5.41) is 12.0. The molecule has 0 aliphatic carbocycles. The van der Waals surface area contributed by atoms with Crippen molar-refractivity contribution < 1.29 is 14.4 Å². The lowest BCUT2D eigenvalue weighted by Gasteiger charge is -2.27. The number of nitro benzene ring substituents is 1. The van der Waals surface area contributed by atoms with Gasteiger partial charge in [0, 0.05) is 17.9 Å². The lowest BCUT2D eigenvalue weighted by atomic mass is 10.2. The number of nitro groups is 1. The third-order valence-corrected chi connectivity index (χ3v) is 6.34. The molecule has 166 valence electrons. The second-order valence-corrected chi connectivity index (χ2v) is 8.48. The van der Waals surface area contributed by atoms with Crippen molar-refractivity contribution in [3.63, 3.8) is 0 Å². The smallest absolute Gasteiger partial charge is 0.269 e. The Balaban J connectivity index is 1.44. The Morgan fingerprint density at radius 3 is 2.55 bits per heavy atom. The minimum atomic E-state index is -0.427. The summed E-state index contributed by atoms with van der Waals surface area (Å²) < 4.78 is 13.5. The Morgan fingerprint density at radius 1 is 1.03 bits per heavy atom. The molecule has 8 nitrogen and oxygen atoms in total. The number of rotatable bonds is 6. The average molecular weight is 461 g/mol. The number of nitrogens with zero attached hydrogens (tertiary/aromatic N) is 3. The molecule has 0 amide bonds. The third-order valence-electron chi connectivity index (χ3n) is 5.30. The molecule has 0 N–H and O–H groups in total. The first kappa shape index (κ1) is 21.0. The molecule has 33 heavy (non-hydrogen) atoms. The Labute approximate surface area is 192 Å². The molecule has 0 spiro atoms. The monoisotopic (exact) mass is 461 g/mol. The Bertz CT molecular complexity index is 1390. The summed E-state index contributed by atoms with van der Waals surface area (Å²) in [7, 11) is 0. The summed E-state index contributed by atoms with van der Waals surface area (Å²) in [5.41, 5.74) is 1.41. The zero-order valence-electron chi connectivity index (χ0n) is 17.4. The van der Waals surface area contributed by atoms with Gasteiger partial charge in [0.2, 0.25) is 0 Å². The maximum Gasteiger partial charge on any atom is 0.269 e. The molecule has 3 aromatic carbocycles. The number of fused-ring (bicyclic) bond motifs is 2. The summed E-state index contributed by atoms with van der Waals surface area (Å²) in [6, 6.07) is 21.1. The molecule has 5 rings (SSSR count). The van der Waals surface area contributed by atoms with E-state index in [-0.39, 0.29) is 23.9 Å². The molecule has 1 aromatic heterocycles. The van der Waals surface area contributed by atoms with Crippen LogP contribution in [0.3, 0.4) is 0 Å². The third kappa shape index (κ3) is 4.40. The van der Waals surface area contributed by atoms with Crippen LogP contribution in [-0.2, 0) is 12.3 Å². The van der Waals surface area contributed by atoms with Gasteiger partial charge in [-0.2, -0.15) is 0 Å². The highest BCUT2D eigenvalue weighted by Gasteiger charge is 2.23. The highest BCUT2D eigenvalue weighted by atomic mass is 32.2. The van der Waals surface area contributed by atoms with Crippen LogP contribution in [0.15, 0.2) is 82.7 Å². The molecule has 1 aliphatic rings. The van der Waals surface area contributed by atoms with Crippen LogP contribution >= 0.6 is 11.8 Å². The molecule has 1 aliphatic heterocycles. The van der Waals surface area contributed by atoms with Gasteiger partial charge < -0.3 is 9.47 Å². The zero-order chi connectivity index (χ0) is 22.8. The normalized spacial score (nSPS) is 14.8. The van der Waals surface area contributed by atoms with Crippen molar-refractivity contribution in [1.29, 1.82) is 0 Å². The topological polar surface area (TPSA) is 96.5 Å². The fourth-order valence-electron chi connectivity index (χ4n) is 3.64. The lowest BCUT2D eigenvalue weighted by Crippen LogP contribution is -2.37. The number of aromatic nitrogens is 2. The second-order valence-electron chi connectivity index (χ2n) is 7.54. The number of hydrogen-bond donors (Lipinski definition) is 0. The molecular weight excluding hydrogens is 442 g/mol. The van der Waals surface area contributed by atoms with E-state index < -0.39 is 4.92 Å². The molecule has 4 aromatic rings. The van der Waals surface area contributed by atoms with Crippen LogP contribution in [0.25, 0.3) is 10.9 Å². The molecule has 9 heteroatoms. The van der Waals surface area contributed by atoms with Crippen LogP contribution in [-0.4, -0.2) is 27.2 Å². The minimum absolute atomic E-state index is 0.0409. The Kier molecular flexibility index (Phi) is 5.70. The van der Waals surface area contributed by atoms with Crippen LogP contribution in [0.4, 0.5) is 5.69 Å². The van der Waals surface area contributed by atoms with E-state index in [2.05, 4.69) is 0 Å². The highest BCUT2D eigenvalue weighted by molar-refractivity contribution is 7.98. The molecule has 0 bridgehead atoms. The van der Waals surface area contributed by atoms with Crippen molar-refractivity contribution in [3.8, 4) is 11.5 Å². The van der Waals surface area contributed by atoms with Gasteiger partial charge in [-0.3, -0.25) is 19.5 Å². The first-order valence-corrected chi connectivity index (χ1v) is 11.3. The summed E-state index contributed by atoms with van der Waals surface area (Å²) in [4.78, 5) is 28.5. The second kappa shape index (κ2) is 8.95. The van der Waals surface area contributed by atoms with Gasteiger partial charge in [-0.15, -0.1) is 0 Å². The van der Waals surface area contributed by atoms with Crippen molar-refractivity contribution in [1.82, 2.24) is 9.55 Å². The predicted molar refractivity (Wildman–Crippen MR) is 125 cm³/mol. The molecule has 1 atom stereocenters. The van der Waals surface area contributed by atoms with E-state index in [0.29, 0.717) is 39.9 Å². The van der Waals surface area contributed by atoms with Gasteiger partial charge in [-0.25, -0.2) is 4.98 Å². The maximum atomic E-state index is 13.3. The van der Waals surface area contributed by atoms with E-state index in [0.717, 1.165) is 5.56 Å². The van der Waals surface area contributed by atoms with Gasteiger partial charge in [0.1, 0.15) is 6.61 Å². The molecule has 2 heterocycles. The van der Waals surface area contributed by atoms with Gasteiger partial charge in [-0.05, 0) is 29.8 Å². The van der Waals surface area contributed by atoms with Crippen LogP contribution in [0.2, 0.25) is 0 Å². The van der Waals surface area contributed by atoms with E-state index in [4.69, 9.17) is 14.5 Å². The van der Waals surface area contributed by atoms with E-state index in [1.807, 2.05) is 42.5 Å². The van der Waals surface area contributed by atoms with Crippen LogP contribution in [0, 0.1) is 10.1 Å². The molecule has 0 radical (unpaired) electrons. The van der Waals surface area contributed by atoms with Gasteiger partial charge in [0.05, 0.1) is 22.4 Å². The first-order chi connectivity index (χ1) is 16.1. The first-order valence-electron chi connectivity index (χ1n) is 10.3. The number of benzene rings is 3. The lowest BCUT2D eigenvalue weighted by molar-refractivity contribution is -0.384. The minimum Gasteiger partial charge on any atom is -0.486 e. The van der Waals surface area contributed by atoms with Crippen LogP contribution in [0.5, 0.6) is 11.5 Å².